The minimum absolute atomic E-state index is 0.0331. The zero-order valence-corrected chi connectivity index (χ0v) is 12.2. The number of nitrogens with one attached hydrogen (secondary N) is 1. The average Bonchev–Trinajstić information content (AvgIpc) is 2.40. The van der Waals surface area contributed by atoms with Gasteiger partial charge in [0.2, 0.25) is 0 Å². The van der Waals surface area contributed by atoms with Gasteiger partial charge >= 0.3 is 0 Å². The Morgan fingerprint density at radius 2 is 2.00 bits per heavy atom. The molecule has 1 heterocycles. The Kier molecular flexibility index (Phi) is 4.52. The number of sulfone groups is 1. The molecule has 2 rings (SSSR count). The molecule has 3 unspecified atom stereocenters. The van der Waals surface area contributed by atoms with E-state index in [0.717, 1.165) is 25.1 Å². The molecule has 0 radical (unpaired) electrons. The van der Waals surface area contributed by atoms with E-state index in [2.05, 4.69) is 15.3 Å². The van der Waals surface area contributed by atoms with Gasteiger partial charge in [-0.3, -0.25) is 0 Å². The summed E-state index contributed by atoms with van der Waals surface area (Å²) in [5.41, 5.74) is 0. The SMILES string of the molecule is CNC(c1ncccn1)C1CCCC(S(C)(=O)=O)C1. The van der Waals surface area contributed by atoms with Crippen molar-refractivity contribution < 1.29 is 8.42 Å². The van der Waals surface area contributed by atoms with Gasteiger partial charge < -0.3 is 5.32 Å². The summed E-state index contributed by atoms with van der Waals surface area (Å²) in [5.74, 6) is 1.03. The zero-order valence-electron chi connectivity index (χ0n) is 11.4. The molecule has 6 heteroatoms. The third-order valence-electron chi connectivity index (χ3n) is 3.92. The number of hydrogen-bond donors (Lipinski definition) is 1. The fraction of sp³-hybridized carbons (Fsp3) is 0.692. The largest absolute Gasteiger partial charge is 0.310 e. The van der Waals surface area contributed by atoms with Crippen LogP contribution in [0.3, 0.4) is 0 Å². The molecule has 19 heavy (non-hydrogen) atoms. The highest BCUT2D eigenvalue weighted by Gasteiger charge is 2.34. The van der Waals surface area contributed by atoms with E-state index in [4.69, 9.17) is 0 Å². The molecule has 1 aliphatic carbocycles. The first-order valence-electron chi connectivity index (χ1n) is 6.65. The van der Waals surface area contributed by atoms with Crippen LogP contribution in [0.1, 0.15) is 37.5 Å². The molecule has 0 spiro atoms. The predicted molar refractivity (Wildman–Crippen MR) is 74.4 cm³/mol. The van der Waals surface area contributed by atoms with Gasteiger partial charge in [0.25, 0.3) is 0 Å². The molecule has 0 aliphatic heterocycles. The van der Waals surface area contributed by atoms with Gasteiger partial charge in [0.15, 0.2) is 0 Å². The summed E-state index contributed by atoms with van der Waals surface area (Å²) in [7, 11) is -1.07. The first-order chi connectivity index (χ1) is 9.02. The topological polar surface area (TPSA) is 72.0 Å². The van der Waals surface area contributed by atoms with Crippen LogP contribution >= 0.6 is 0 Å². The summed E-state index contributed by atoms with van der Waals surface area (Å²) in [6.07, 6.45) is 8.24. The van der Waals surface area contributed by atoms with Crippen LogP contribution in [0.25, 0.3) is 0 Å². The Morgan fingerprint density at radius 1 is 1.32 bits per heavy atom. The molecule has 106 valence electrons. The van der Waals surface area contributed by atoms with Crippen molar-refractivity contribution in [3.8, 4) is 0 Å². The van der Waals surface area contributed by atoms with Crippen LogP contribution in [0.15, 0.2) is 18.5 Å². The zero-order chi connectivity index (χ0) is 13.9. The van der Waals surface area contributed by atoms with Crippen molar-refractivity contribution in [1.29, 1.82) is 0 Å². The number of nitrogens with zero attached hydrogens (tertiary/aromatic N) is 2. The molecular formula is C13H21N3O2S. The van der Waals surface area contributed by atoms with Crippen LogP contribution in [-0.2, 0) is 9.84 Å². The van der Waals surface area contributed by atoms with Gasteiger partial charge in [0, 0.05) is 18.6 Å². The molecule has 1 aromatic rings. The van der Waals surface area contributed by atoms with Gasteiger partial charge in [-0.25, -0.2) is 18.4 Å². The van der Waals surface area contributed by atoms with Crippen molar-refractivity contribution in [3.63, 3.8) is 0 Å². The number of hydrogen-bond acceptors (Lipinski definition) is 5. The van der Waals surface area contributed by atoms with Crippen LogP contribution in [0, 0.1) is 5.92 Å². The highest BCUT2D eigenvalue weighted by atomic mass is 32.2. The normalized spacial score (nSPS) is 26.0. The molecule has 3 atom stereocenters. The van der Waals surface area contributed by atoms with Crippen LogP contribution in [-0.4, -0.2) is 36.9 Å². The second-order valence-electron chi connectivity index (χ2n) is 5.25. The van der Waals surface area contributed by atoms with Crippen molar-refractivity contribution >= 4 is 9.84 Å². The van der Waals surface area contributed by atoms with Crippen LogP contribution < -0.4 is 5.32 Å². The maximum Gasteiger partial charge on any atom is 0.150 e. The Bertz CT molecular complexity index is 504. The Morgan fingerprint density at radius 3 is 2.58 bits per heavy atom. The highest BCUT2D eigenvalue weighted by Crippen LogP contribution is 2.35. The van der Waals surface area contributed by atoms with E-state index in [1.165, 1.54) is 6.26 Å². The maximum absolute atomic E-state index is 11.7. The van der Waals surface area contributed by atoms with Crippen molar-refractivity contribution in [2.45, 2.75) is 37.0 Å². The fourth-order valence-corrected chi connectivity index (χ4v) is 4.11. The lowest BCUT2D eigenvalue weighted by Gasteiger charge is -2.32. The fourth-order valence-electron chi connectivity index (χ4n) is 2.92. The predicted octanol–water partition coefficient (Wildman–Crippen LogP) is 1.34. The molecule has 1 N–H and O–H groups in total. The van der Waals surface area contributed by atoms with Gasteiger partial charge in [-0.1, -0.05) is 6.42 Å². The van der Waals surface area contributed by atoms with Gasteiger partial charge in [0.1, 0.15) is 15.7 Å². The quantitative estimate of drug-likeness (QED) is 0.903. The minimum Gasteiger partial charge on any atom is -0.310 e. The first-order valence-corrected chi connectivity index (χ1v) is 8.61. The lowest BCUT2D eigenvalue weighted by Crippen LogP contribution is -2.35. The monoisotopic (exact) mass is 283 g/mol. The number of rotatable bonds is 4. The van der Waals surface area contributed by atoms with Crippen LogP contribution in [0.5, 0.6) is 0 Å². The molecule has 1 saturated carbocycles. The molecule has 1 aromatic heterocycles. The van der Waals surface area contributed by atoms with Crippen molar-refractivity contribution in [2.75, 3.05) is 13.3 Å². The third-order valence-corrected chi connectivity index (χ3v) is 5.56. The summed E-state index contributed by atoms with van der Waals surface area (Å²) in [6, 6.07) is 1.82. The minimum atomic E-state index is -2.95. The van der Waals surface area contributed by atoms with E-state index < -0.39 is 9.84 Å². The van der Waals surface area contributed by atoms with Gasteiger partial charge in [-0.15, -0.1) is 0 Å². The van der Waals surface area contributed by atoms with E-state index in [1.807, 2.05) is 7.05 Å². The maximum atomic E-state index is 11.7. The molecule has 1 aliphatic rings. The van der Waals surface area contributed by atoms with Gasteiger partial charge in [-0.05, 0) is 38.3 Å². The molecule has 0 bridgehead atoms. The van der Waals surface area contributed by atoms with E-state index in [9.17, 15) is 8.42 Å². The molecular weight excluding hydrogens is 262 g/mol. The van der Waals surface area contributed by atoms with Crippen molar-refractivity contribution in [3.05, 3.63) is 24.3 Å². The van der Waals surface area contributed by atoms with Crippen LogP contribution in [0.4, 0.5) is 0 Å². The second-order valence-corrected chi connectivity index (χ2v) is 7.58. The molecule has 0 aromatic carbocycles. The van der Waals surface area contributed by atoms with E-state index in [0.29, 0.717) is 6.42 Å². The van der Waals surface area contributed by atoms with E-state index in [-0.39, 0.29) is 17.2 Å². The summed E-state index contributed by atoms with van der Waals surface area (Å²) in [4.78, 5) is 8.58. The highest BCUT2D eigenvalue weighted by molar-refractivity contribution is 7.91. The molecule has 1 fully saturated rings. The molecule has 0 amide bonds. The number of aromatic nitrogens is 2. The Balaban J connectivity index is 2.15. The molecule has 0 saturated heterocycles. The standard InChI is InChI=1S/C13H21N3O2S/c1-14-12(13-15-7-4-8-16-13)10-5-3-6-11(9-10)19(2,17)18/h4,7-8,10-12,14H,3,5-6,9H2,1-2H3. The lowest BCUT2D eigenvalue weighted by molar-refractivity contribution is 0.274. The van der Waals surface area contributed by atoms with Gasteiger partial charge in [0.05, 0.1) is 11.3 Å². The summed E-state index contributed by atoms with van der Waals surface area (Å²) < 4.78 is 23.5. The smallest absolute Gasteiger partial charge is 0.150 e. The van der Waals surface area contributed by atoms with Crippen LogP contribution in [0.2, 0.25) is 0 Å². The summed E-state index contributed by atoms with van der Waals surface area (Å²) in [5, 5.41) is 3.02. The van der Waals surface area contributed by atoms with E-state index >= 15 is 0 Å². The average molecular weight is 283 g/mol. The summed E-state index contributed by atoms with van der Waals surface area (Å²) >= 11 is 0. The summed E-state index contributed by atoms with van der Waals surface area (Å²) in [6.45, 7) is 0. The first kappa shape index (κ1) is 14.4. The van der Waals surface area contributed by atoms with Crippen molar-refractivity contribution in [1.82, 2.24) is 15.3 Å². The molecule has 5 nitrogen and oxygen atoms in total. The Hall–Kier alpha value is -1.01. The van der Waals surface area contributed by atoms with Gasteiger partial charge in [-0.2, -0.15) is 0 Å². The Labute approximate surface area is 114 Å². The van der Waals surface area contributed by atoms with E-state index in [1.54, 1.807) is 18.5 Å². The lowest BCUT2D eigenvalue weighted by atomic mass is 9.83. The van der Waals surface area contributed by atoms with Crippen molar-refractivity contribution in [2.24, 2.45) is 5.92 Å². The third kappa shape index (κ3) is 3.51. The second kappa shape index (κ2) is 5.96.